The van der Waals surface area contributed by atoms with Crippen molar-refractivity contribution < 1.29 is 23.9 Å². The van der Waals surface area contributed by atoms with Crippen LogP contribution in [0.4, 0.5) is 0 Å². The highest BCUT2D eigenvalue weighted by Gasteiger charge is 2.39. The van der Waals surface area contributed by atoms with Gasteiger partial charge in [-0.2, -0.15) is 0 Å². The van der Waals surface area contributed by atoms with Gasteiger partial charge in [0.15, 0.2) is 6.10 Å². The number of allylic oxidation sites excluding steroid dienone is 1. The zero-order valence-electron chi connectivity index (χ0n) is 19.4. The van der Waals surface area contributed by atoms with Crippen LogP contribution >= 0.6 is 0 Å². The van der Waals surface area contributed by atoms with Crippen LogP contribution in [0.25, 0.3) is 0 Å². The van der Waals surface area contributed by atoms with Gasteiger partial charge in [0.25, 0.3) is 0 Å². The second-order valence-electron chi connectivity index (χ2n) is 8.48. The zero-order chi connectivity index (χ0) is 23.6. The van der Waals surface area contributed by atoms with Gasteiger partial charge >= 0.3 is 5.97 Å². The molecule has 1 aromatic rings. The molecule has 172 valence electrons. The molecule has 2 amide bonds. The molecule has 2 unspecified atom stereocenters. The van der Waals surface area contributed by atoms with Gasteiger partial charge in [0.2, 0.25) is 11.8 Å². The first-order chi connectivity index (χ1) is 14.6. The molecule has 0 bridgehead atoms. The lowest BCUT2D eigenvalue weighted by molar-refractivity contribution is -0.161. The summed E-state index contributed by atoms with van der Waals surface area (Å²) in [4.78, 5) is 38.5. The standard InChI is InChI=1S/C24H36N2O5/c1-8-13-18(19(31-9-2)23(29)30-7)21(27)26-20(24(4,5)6)22(28)25-16(3)17-14-11-10-12-15-17/h8,10-12,14-16,18-20H,1,9,13H2,2-7H3,(H,25,28)(H,26,27)/t16?,18-,19?,20-/m1/s1. The Morgan fingerprint density at radius 3 is 2.19 bits per heavy atom. The fourth-order valence-electron chi connectivity index (χ4n) is 3.24. The number of esters is 1. The molecule has 2 N–H and O–H groups in total. The van der Waals surface area contributed by atoms with Crippen LogP contribution < -0.4 is 10.6 Å². The second-order valence-corrected chi connectivity index (χ2v) is 8.48. The summed E-state index contributed by atoms with van der Waals surface area (Å²) in [5, 5.41) is 5.80. The quantitative estimate of drug-likeness (QED) is 0.414. The number of carbonyl (C=O) groups is 3. The van der Waals surface area contributed by atoms with Gasteiger partial charge in [-0.1, -0.05) is 57.2 Å². The van der Waals surface area contributed by atoms with Crippen molar-refractivity contribution in [1.82, 2.24) is 10.6 Å². The van der Waals surface area contributed by atoms with Crippen LogP contribution in [-0.2, 0) is 23.9 Å². The largest absolute Gasteiger partial charge is 0.467 e. The third-order valence-corrected chi connectivity index (χ3v) is 4.98. The Bertz CT molecular complexity index is 742. The fraction of sp³-hybridized carbons (Fsp3) is 0.542. The Kier molecular flexibility index (Phi) is 10.4. The Hall–Kier alpha value is -2.67. The Morgan fingerprint density at radius 2 is 1.71 bits per heavy atom. The molecular formula is C24H36N2O5. The smallest absolute Gasteiger partial charge is 0.335 e. The highest BCUT2D eigenvalue weighted by molar-refractivity contribution is 5.92. The van der Waals surface area contributed by atoms with Crippen molar-refractivity contribution in [3.8, 4) is 0 Å². The molecular weight excluding hydrogens is 396 g/mol. The number of ether oxygens (including phenoxy) is 2. The molecule has 0 aliphatic rings. The van der Waals surface area contributed by atoms with Crippen LogP contribution in [0.3, 0.4) is 0 Å². The van der Waals surface area contributed by atoms with Crippen molar-refractivity contribution in [2.45, 2.75) is 59.2 Å². The first-order valence-electron chi connectivity index (χ1n) is 10.5. The molecule has 4 atom stereocenters. The van der Waals surface area contributed by atoms with Gasteiger partial charge in [-0.05, 0) is 31.2 Å². The van der Waals surface area contributed by atoms with E-state index in [4.69, 9.17) is 9.47 Å². The van der Waals surface area contributed by atoms with Gasteiger partial charge in [0.1, 0.15) is 6.04 Å². The predicted molar refractivity (Wildman–Crippen MR) is 120 cm³/mol. The highest BCUT2D eigenvalue weighted by atomic mass is 16.6. The van der Waals surface area contributed by atoms with Crippen LogP contribution in [0.5, 0.6) is 0 Å². The van der Waals surface area contributed by atoms with E-state index in [0.717, 1.165) is 5.56 Å². The van der Waals surface area contributed by atoms with Crippen molar-refractivity contribution in [2.75, 3.05) is 13.7 Å². The molecule has 7 nitrogen and oxygen atoms in total. The average molecular weight is 433 g/mol. The lowest BCUT2D eigenvalue weighted by Gasteiger charge is -2.33. The SMILES string of the molecule is C=CC[C@@H](C(=O)N[C@H](C(=O)NC(C)c1ccccc1)C(C)(C)C)C(OCC)C(=O)OC. The lowest BCUT2D eigenvalue weighted by atomic mass is 9.85. The molecule has 0 fully saturated rings. The molecule has 0 aliphatic carbocycles. The van der Waals surface area contributed by atoms with Gasteiger partial charge in [-0.3, -0.25) is 9.59 Å². The topological polar surface area (TPSA) is 93.7 Å². The van der Waals surface area contributed by atoms with Crippen molar-refractivity contribution in [1.29, 1.82) is 0 Å². The van der Waals surface area contributed by atoms with Gasteiger partial charge in [-0.25, -0.2) is 4.79 Å². The molecule has 0 aliphatic heterocycles. The fourth-order valence-corrected chi connectivity index (χ4v) is 3.24. The number of nitrogens with one attached hydrogen (secondary N) is 2. The first-order valence-corrected chi connectivity index (χ1v) is 10.5. The molecule has 0 aromatic heterocycles. The minimum atomic E-state index is -1.08. The molecule has 1 aromatic carbocycles. The monoisotopic (exact) mass is 432 g/mol. The van der Waals surface area contributed by atoms with Crippen molar-refractivity contribution >= 4 is 17.8 Å². The summed E-state index contributed by atoms with van der Waals surface area (Å²) in [5.41, 5.74) is 0.391. The predicted octanol–water partition coefficient (Wildman–Crippen LogP) is 3.17. The number of carbonyl (C=O) groups excluding carboxylic acids is 3. The van der Waals surface area contributed by atoms with E-state index in [2.05, 4.69) is 17.2 Å². The normalized spacial score (nSPS) is 15.2. The molecule has 7 heteroatoms. The van der Waals surface area contributed by atoms with E-state index in [1.54, 1.807) is 13.0 Å². The number of hydrogen-bond donors (Lipinski definition) is 2. The molecule has 0 saturated carbocycles. The number of benzene rings is 1. The van der Waals surface area contributed by atoms with E-state index in [1.165, 1.54) is 7.11 Å². The van der Waals surface area contributed by atoms with Crippen LogP contribution in [0, 0.1) is 11.3 Å². The van der Waals surface area contributed by atoms with Gasteiger partial charge in [0, 0.05) is 6.61 Å². The van der Waals surface area contributed by atoms with Crippen LogP contribution in [-0.4, -0.2) is 43.6 Å². The zero-order valence-corrected chi connectivity index (χ0v) is 19.4. The van der Waals surface area contributed by atoms with Crippen molar-refractivity contribution in [2.24, 2.45) is 11.3 Å². The third-order valence-electron chi connectivity index (χ3n) is 4.98. The Balaban J connectivity index is 3.07. The summed E-state index contributed by atoms with van der Waals surface area (Å²) in [6.07, 6.45) is 0.660. The van der Waals surface area contributed by atoms with Crippen molar-refractivity contribution in [3.05, 3.63) is 48.6 Å². The number of methoxy groups -OCH3 is 1. The Morgan fingerprint density at radius 1 is 1.10 bits per heavy atom. The molecule has 0 saturated heterocycles. The number of rotatable bonds is 11. The van der Waals surface area contributed by atoms with E-state index >= 15 is 0 Å². The van der Waals surface area contributed by atoms with Crippen LogP contribution in [0.1, 0.15) is 52.6 Å². The maximum atomic E-state index is 13.2. The van der Waals surface area contributed by atoms with E-state index in [1.807, 2.05) is 58.0 Å². The van der Waals surface area contributed by atoms with Gasteiger partial charge in [-0.15, -0.1) is 6.58 Å². The van der Waals surface area contributed by atoms with E-state index < -0.39 is 35.4 Å². The molecule has 1 rings (SSSR count). The average Bonchev–Trinajstić information content (AvgIpc) is 2.73. The first kappa shape index (κ1) is 26.4. The minimum Gasteiger partial charge on any atom is -0.467 e. The molecule has 0 radical (unpaired) electrons. The summed E-state index contributed by atoms with van der Waals surface area (Å²) in [7, 11) is 1.24. The summed E-state index contributed by atoms with van der Waals surface area (Å²) in [5.74, 6) is -2.28. The van der Waals surface area contributed by atoms with Crippen LogP contribution in [0.2, 0.25) is 0 Å². The van der Waals surface area contributed by atoms with E-state index in [-0.39, 0.29) is 25.0 Å². The minimum absolute atomic E-state index is 0.199. The highest BCUT2D eigenvalue weighted by Crippen LogP contribution is 2.23. The molecule has 31 heavy (non-hydrogen) atoms. The molecule has 0 spiro atoms. The van der Waals surface area contributed by atoms with Crippen LogP contribution in [0.15, 0.2) is 43.0 Å². The summed E-state index contributed by atoms with van der Waals surface area (Å²) in [6, 6.07) is 8.52. The number of amides is 2. The third kappa shape index (κ3) is 7.83. The van der Waals surface area contributed by atoms with Crippen molar-refractivity contribution in [3.63, 3.8) is 0 Å². The second kappa shape index (κ2) is 12.2. The maximum Gasteiger partial charge on any atom is 0.335 e. The number of hydrogen-bond acceptors (Lipinski definition) is 5. The summed E-state index contributed by atoms with van der Waals surface area (Å²) in [6.45, 7) is 13.1. The van der Waals surface area contributed by atoms with E-state index in [9.17, 15) is 14.4 Å². The Labute approximate surface area is 185 Å². The molecule has 0 heterocycles. The van der Waals surface area contributed by atoms with Gasteiger partial charge < -0.3 is 20.1 Å². The lowest BCUT2D eigenvalue weighted by Crippen LogP contribution is -2.56. The summed E-state index contributed by atoms with van der Waals surface area (Å²) < 4.78 is 10.3. The van der Waals surface area contributed by atoms with E-state index in [0.29, 0.717) is 0 Å². The maximum absolute atomic E-state index is 13.2. The summed E-state index contributed by atoms with van der Waals surface area (Å²) >= 11 is 0. The van der Waals surface area contributed by atoms with Gasteiger partial charge in [0.05, 0.1) is 19.1 Å².